The molecule has 0 aromatic heterocycles. The van der Waals surface area contributed by atoms with E-state index in [4.69, 9.17) is 15.9 Å². The molecular formula is C14H17IN2O4. The Balaban J connectivity index is 2.05. The molecule has 1 saturated heterocycles. The summed E-state index contributed by atoms with van der Waals surface area (Å²) in [5.74, 6) is 2.22. The van der Waals surface area contributed by atoms with E-state index in [2.05, 4.69) is 39.1 Å². The molecule has 1 heterocycles. The first kappa shape index (κ1) is 16.3. The Bertz CT molecular complexity index is 500. The van der Waals surface area contributed by atoms with Gasteiger partial charge in [-0.05, 0) is 18.8 Å². The molecule has 0 spiro atoms. The molecule has 0 bridgehead atoms. The first-order valence-corrected chi connectivity index (χ1v) is 7.85. The number of halogens is 1. The fourth-order valence-corrected chi connectivity index (χ4v) is 3.97. The molecule has 2 rings (SSSR count). The summed E-state index contributed by atoms with van der Waals surface area (Å²) < 4.78 is 11.4. The lowest BCUT2D eigenvalue weighted by Gasteiger charge is -2.37. The number of terminal acetylenes is 1. The second-order valence-corrected chi connectivity index (χ2v) is 6.59. The van der Waals surface area contributed by atoms with Crippen molar-refractivity contribution in [1.82, 2.24) is 10.6 Å². The van der Waals surface area contributed by atoms with Crippen LogP contribution >= 0.6 is 22.6 Å². The third-order valence-corrected chi connectivity index (χ3v) is 4.79. The number of amides is 3. The number of nitrogens with one attached hydrogen (secondary N) is 2. The zero-order valence-corrected chi connectivity index (χ0v) is 13.8. The number of methoxy groups -OCH3 is 1. The van der Waals surface area contributed by atoms with Crippen molar-refractivity contribution in [2.45, 2.75) is 29.0 Å². The van der Waals surface area contributed by atoms with Gasteiger partial charge in [-0.15, -0.1) is 6.42 Å². The summed E-state index contributed by atoms with van der Waals surface area (Å²) >= 11 is 2.32. The van der Waals surface area contributed by atoms with Gasteiger partial charge in [0.25, 0.3) is 5.91 Å². The van der Waals surface area contributed by atoms with Crippen LogP contribution in [0.2, 0.25) is 0 Å². The van der Waals surface area contributed by atoms with Crippen LogP contribution in [0.5, 0.6) is 0 Å². The first-order valence-electron chi connectivity index (χ1n) is 6.61. The Labute approximate surface area is 137 Å². The van der Waals surface area contributed by atoms with Gasteiger partial charge in [-0.25, -0.2) is 4.79 Å². The van der Waals surface area contributed by atoms with Crippen LogP contribution in [0.4, 0.5) is 4.79 Å². The van der Waals surface area contributed by atoms with Gasteiger partial charge < -0.3 is 14.8 Å². The van der Waals surface area contributed by atoms with Gasteiger partial charge in [0.05, 0.1) is 12.2 Å². The van der Waals surface area contributed by atoms with Crippen LogP contribution < -0.4 is 10.6 Å². The fraction of sp³-hybridized carbons (Fsp3) is 0.571. The molecule has 0 aromatic rings. The molecule has 114 valence electrons. The van der Waals surface area contributed by atoms with Crippen LogP contribution in [0, 0.1) is 18.3 Å². The highest BCUT2D eigenvalue weighted by molar-refractivity contribution is 14.1. The average molecular weight is 404 g/mol. The molecule has 3 amide bonds. The fourth-order valence-electron chi connectivity index (χ4n) is 2.64. The normalized spacial score (nSPS) is 34.4. The molecular weight excluding hydrogens is 387 g/mol. The van der Waals surface area contributed by atoms with Crippen molar-refractivity contribution >= 4 is 34.5 Å². The van der Waals surface area contributed by atoms with Gasteiger partial charge in [0.1, 0.15) is 12.3 Å². The van der Waals surface area contributed by atoms with Crippen LogP contribution in [-0.4, -0.2) is 41.8 Å². The molecule has 4 unspecified atom stereocenters. The zero-order chi connectivity index (χ0) is 15.4. The number of carbonyl (C=O) groups excluding carboxylic acids is 2. The number of alkyl halides is 1. The Morgan fingerprint density at radius 1 is 1.43 bits per heavy atom. The second kappa shape index (κ2) is 7.24. The van der Waals surface area contributed by atoms with Gasteiger partial charge in [-0.1, -0.05) is 34.6 Å². The highest BCUT2D eigenvalue weighted by Gasteiger charge is 2.37. The van der Waals surface area contributed by atoms with Crippen molar-refractivity contribution in [3.8, 4) is 12.3 Å². The number of allylic oxidation sites excluding steroid dienone is 1. The maximum absolute atomic E-state index is 11.6. The van der Waals surface area contributed by atoms with Crippen molar-refractivity contribution in [2.75, 3.05) is 13.7 Å². The predicted octanol–water partition coefficient (Wildman–Crippen LogP) is 0.957. The minimum Gasteiger partial charge on any atom is -0.379 e. The van der Waals surface area contributed by atoms with Crippen molar-refractivity contribution in [1.29, 1.82) is 0 Å². The van der Waals surface area contributed by atoms with Crippen LogP contribution in [0.15, 0.2) is 11.8 Å². The number of hydrogen-bond donors (Lipinski definition) is 2. The Hall–Kier alpha value is -1.11. The van der Waals surface area contributed by atoms with Crippen LogP contribution in [0.25, 0.3) is 0 Å². The summed E-state index contributed by atoms with van der Waals surface area (Å²) in [6.45, 7) is 0.258. The number of hydrogen-bond acceptors (Lipinski definition) is 4. The average Bonchev–Trinajstić information content (AvgIpc) is 2.75. The Morgan fingerprint density at radius 2 is 2.19 bits per heavy atom. The predicted molar refractivity (Wildman–Crippen MR) is 84.7 cm³/mol. The van der Waals surface area contributed by atoms with E-state index in [1.807, 2.05) is 0 Å². The van der Waals surface area contributed by atoms with E-state index >= 15 is 0 Å². The van der Waals surface area contributed by atoms with Crippen molar-refractivity contribution < 1.29 is 19.1 Å². The Morgan fingerprint density at radius 3 is 2.76 bits per heavy atom. The highest BCUT2D eigenvalue weighted by atomic mass is 127. The maximum Gasteiger partial charge on any atom is 0.326 e. The van der Waals surface area contributed by atoms with Crippen LogP contribution in [0.1, 0.15) is 12.8 Å². The lowest BCUT2D eigenvalue weighted by molar-refractivity contribution is -0.115. The first-order chi connectivity index (χ1) is 10.0. The molecule has 1 aliphatic heterocycles. The van der Waals surface area contributed by atoms with Gasteiger partial charge in [0, 0.05) is 11.0 Å². The molecule has 0 aromatic carbocycles. The van der Waals surface area contributed by atoms with E-state index in [9.17, 15) is 9.59 Å². The summed E-state index contributed by atoms with van der Waals surface area (Å²) in [5.41, 5.74) is 0.312. The van der Waals surface area contributed by atoms with E-state index in [0.717, 1.165) is 12.8 Å². The van der Waals surface area contributed by atoms with E-state index in [-0.39, 0.29) is 34.6 Å². The van der Waals surface area contributed by atoms with Gasteiger partial charge in [0.15, 0.2) is 0 Å². The Kier molecular flexibility index (Phi) is 5.61. The molecule has 1 aliphatic carbocycles. The third kappa shape index (κ3) is 3.96. The molecule has 6 nitrogen and oxygen atoms in total. The third-order valence-electron chi connectivity index (χ3n) is 3.57. The molecule has 0 radical (unpaired) electrons. The van der Waals surface area contributed by atoms with E-state index in [1.165, 1.54) is 0 Å². The summed E-state index contributed by atoms with van der Waals surface area (Å²) in [5, 5.41) is 4.70. The lowest BCUT2D eigenvalue weighted by atomic mass is 9.84. The number of ether oxygens (including phenoxy) is 2. The minimum absolute atomic E-state index is 0.0618. The summed E-state index contributed by atoms with van der Waals surface area (Å²) in [7, 11) is 1.64. The number of imide groups is 1. The van der Waals surface area contributed by atoms with Gasteiger partial charge >= 0.3 is 6.03 Å². The maximum atomic E-state index is 11.6. The van der Waals surface area contributed by atoms with E-state index in [0.29, 0.717) is 5.70 Å². The van der Waals surface area contributed by atoms with Crippen LogP contribution in [-0.2, 0) is 14.3 Å². The smallest absolute Gasteiger partial charge is 0.326 e. The number of urea groups is 1. The highest BCUT2D eigenvalue weighted by Crippen LogP contribution is 2.34. The monoisotopic (exact) mass is 404 g/mol. The summed E-state index contributed by atoms with van der Waals surface area (Å²) in [6.07, 6.45) is 8.44. The minimum atomic E-state index is -0.480. The van der Waals surface area contributed by atoms with Crippen molar-refractivity contribution in [3.63, 3.8) is 0 Å². The van der Waals surface area contributed by atoms with Gasteiger partial charge in [-0.3, -0.25) is 10.1 Å². The van der Waals surface area contributed by atoms with Crippen molar-refractivity contribution in [2.24, 2.45) is 5.92 Å². The molecule has 7 heteroatoms. The van der Waals surface area contributed by atoms with Gasteiger partial charge in [-0.2, -0.15) is 0 Å². The molecule has 2 fully saturated rings. The second-order valence-electron chi connectivity index (χ2n) is 4.99. The van der Waals surface area contributed by atoms with E-state index in [1.54, 1.807) is 13.2 Å². The standard InChI is InChI=1S/C14H17IN2O4/c1-3-4-21-12-9(15)5-8(7-11(12)20-2)6-10-13(18)17-14(19)16-10/h1,6,8-9,11-12H,4-5,7H2,2H3,(H2,16,17,18,19)/b10-6+. The zero-order valence-electron chi connectivity index (χ0n) is 11.6. The molecule has 1 saturated carbocycles. The SMILES string of the molecule is C#CCOC1C(I)CC(/C=C2/NC(=O)NC2=O)CC1OC. The van der Waals surface area contributed by atoms with Gasteiger partial charge in [0.2, 0.25) is 0 Å². The summed E-state index contributed by atoms with van der Waals surface area (Å²) in [6, 6.07) is -0.480. The summed E-state index contributed by atoms with van der Waals surface area (Å²) in [4.78, 5) is 22.7. The van der Waals surface area contributed by atoms with Crippen molar-refractivity contribution in [3.05, 3.63) is 11.8 Å². The molecule has 4 atom stereocenters. The largest absolute Gasteiger partial charge is 0.379 e. The number of rotatable bonds is 4. The molecule has 2 aliphatic rings. The topological polar surface area (TPSA) is 76.7 Å². The molecule has 21 heavy (non-hydrogen) atoms. The lowest BCUT2D eigenvalue weighted by Crippen LogP contribution is -2.44. The van der Waals surface area contributed by atoms with E-state index < -0.39 is 6.03 Å². The quantitative estimate of drug-likeness (QED) is 0.241. The number of carbonyl (C=O) groups is 2. The molecule has 2 N–H and O–H groups in total. The van der Waals surface area contributed by atoms with Crippen LogP contribution in [0.3, 0.4) is 0 Å².